The van der Waals surface area contributed by atoms with E-state index in [9.17, 15) is 13.6 Å². The topological polar surface area (TPSA) is 20.3 Å². The highest BCUT2D eigenvalue weighted by Gasteiger charge is 2.10. The van der Waals surface area contributed by atoms with Crippen LogP contribution in [0, 0.1) is 11.6 Å². The molecule has 0 radical (unpaired) electrons. The monoisotopic (exact) mass is 255 g/mol. The summed E-state index contributed by atoms with van der Waals surface area (Å²) in [5.74, 6) is -1.10. The fourth-order valence-electron chi connectivity index (χ4n) is 1.80. The van der Waals surface area contributed by atoms with Crippen LogP contribution in [-0.4, -0.2) is 30.3 Å². The van der Waals surface area contributed by atoms with E-state index >= 15 is 0 Å². The van der Waals surface area contributed by atoms with E-state index in [0.717, 1.165) is 31.3 Å². The van der Waals surface area contributed by atoms with Crippen molar-refractivity contribution in [2.75, 3.05) is 19.6 Å². The summed E-state index contributed by atoms with van der Waals surface area (Å²) in [5.41, 5.74) is 0.138. The predicted molar refractivity (Wildman–Crippen MR) is 67.5 cm³/mol. The second-order valence-corrected chi connectivity index (χ2v) is 4.23. The lowest BCUT2D eigenvalue weighted by Crippen LogP contribution is -2.26. The molecular formula is C14H19F2NO. The number of benzene rings is 1. The van der Waals surface area contributed by atoms with Gasteiger partial charge in [0.25, 0.3) is 0 Å². The molecule has 0 saturated carbocycles. The molecule has 2 nitrogen and oxygen atoms in total. The Hall–Kier alpha value is -1.29. The second kappa shape index (κ2) is 7.21. The molecular weight excluding hydrogens is 236 g/mol. The standard InChI is InChI=1S/C14H19F2NO/c1-3-17(4-2)8-7-13(18)10-11-9-12(15)5-6-14(11)16/h5-6,9H,3-4,7-8,10H2,1-2H3. The van der Waals surface area contributed by atoms with E-state index < -0.39 is 11.6 Å². The zero-order valence-electron chi connectivity index (χ0n) is 10.9. The second-order valence-electron chi connectivity index (χ2n) is 4.23. The number of carbonyl (C=O) groups excluding carboxylic acids is 1. The maximum atomic E-state index is 13.3. The van der Waals surface area contributed by atoms with Gasteiger partial charge in [-0.25, -0.2) is 8.78 Å². The third-order valence-electron chi connectivity index (χ3n) is 3.00. The highest BCUT2D eigenvalue weighted by Crippen LogP contribution is 2.11. The first-order valence-electron chi connectivity index (χ1n) is 6.24. The van der Waals surface area contributed by atoms with Crippen molar-refractivity contribution in [3.8, 4) is 0 Å². The van der Waals surface area contributed by atoms with Gasteiger partial charge in [0.2, 0.25) is 0 Å². The Balaban J connectivity index is 2.51. The van der Waals surface area contributed by atoms with E-state index in [1.54, 1.807) is 0 Å². The Morgan fingerprint density at radius 2 is 1.89 bits per heavy atom. The number of halogens is 2. The van der Waals surface area contributed by atoms with Crippen LogP contribution in [0.25, 0.3) is 0 Å². The smallest absolute Gasteiger partial charge is 0.138 e. The zero-order chi connectivity index (χ0) is 13.5. The molecule has 0 aliphatic carbocycles. The summed E-state index contributed by atoms with van der Waals surface area (Å²) in [6, 6.07) is 3.20. The Morgan fingerprint density at radius 3 is 2.50 bits per heavy atom. The Bertz CT molecular complexity index is 403. The molecule has 0 aliphatic heterocycles. The van der Waals surface area contributed by atoms with Gasteiger partial charge in [0.1, 0.15) is 17.4 Å². The Morgan fingerprint density at radius 1 is 1.22 bits per heavy atom. The minimum atomic E-state index is -0.521. The molecule has 0 aromatic heterocycles. The molecule has 0 unspecified atom stereocenters. The average molecular weight is 255 g/mol. The molecule has 4 heteroatoms. The molecule has 0 bridgehead atoms. The van der Waals surface area contributed by atoms with Crippen LogP contribution >= 0.6 is 0 Å². The van der Waals surface area contributed by atoms with Gasteiger partial charge < -0.3 is 4.90 Å². The number of nitrogens with zero attached hydrogens (tertiary/aromatic N) is 1. The summed E-state index contributed by atoms with van der Waals surface area (Å²) in [6.07, 6.45) is 0.336. The molecule has 1 aromatic carbocycles. The summed E-state index contributed by atoms with van der Waals surface area (Å²) in [5, 5.41) is 0. The van der Waals surface area contributed by atoms with Gasteiger partial charge in [0.15, 0.2) is 0 Å². The molecule has 1 rings (SSSR count). The predicted octanol–water partition coefficient (Wildman–Crippen LogP) is 2.81. The molecule has 100 valence electrons. The first-order chi connectivity index (χ1) is 8.56. The van der Waals surface area contributed by atoms with E-state index in [2.05, 4.69) is 4.90 Å². The van der Waals surface area contributed by atoms with Crippen molar-refractivity contribution in [2.24, 2.45) is 0 Å². The van der Waals surface area contributed by atoms with Crippen molar-refractivity contribution in [1.29, 1.82) is 0 Å². The lowest BCUT2D eigenvalue weighted by molar-refractivity contribution is -0.118. The largest absolute Gasteiger partial charge is 0.303 e. The van der Waals surface area contributed by atoms with E-state index in [1.165, 1.54) is 0 Å². The first kappa shape index (κ1) is 14.8. The van der Waals surface area contributed by atoms with Crippen molar-refractivity contribution in [3.05, 3.63) is 35.4 Å². The third-order valence-corrected chi connectivity index (χ3v) is 3.00. The molecule has 0 amide bonds. The molecule has 1 aromatic rings. The van der Waals surface area contributed by atoms with Crippen molar-refractivity contribution in [1.82, 2.24) is 4.90 Å². The van der Waals surface area contributed by atoms with Crippen molar-refractivity contribution < 1.29 is 13.6 Å². The maximum absolute atomic E-state index is 13.3. The lowest BCUT2D eigenvalue weighted by atomic mass is 10.1. The summed E-state index contributed by atoms with van der Waals surface area (Å²) in [7, 11) is 0. The van der Waals surface area contributed by atoms with Gasteiger partial charge in [0.05, 0.1) is 0 Å². The van der Waals surface area contributed by atoms with Crippen LogP contribution < -0.4 is 0 Å². The SMILES string of the molecule is CCN(CC)CCC(=O)Cc1cc(F)ccc1F. The van der Waals surface area contributed by atoms with Crippen LogP contribution in [0.15, 0.2) is 18.2 Å². The van der Waals surface area contributed by atoms with Gasteiger partial charge in [-0.15, -0.1) is 0 Å². The van der Waals surface area contributed by atoms with Gasteiger partial charge in [0, 0.05) is 19.4 Å². The number of hydrogen-bond donors (Lipinski definition) is 0. The van der Waals surface area contributed by atoms with Crippen LogP contribution in [0.1, 0.15) is 25.8 Å². The van der Waals surface area contributed by atoms with Gasteiger partial charge in [-0.2, -0.15) is 0 Å². The molecule has 0 spiro atoms. The summed E-state index contributed by atoms with van der Waals surface area (Å²) < 4.78 is 26.3. The molecule has 0 saturated heterocycles. The molecule has 0 heterocycles. The van der Waals surface area contributed by atoms with Gasteiger partial charge in [-0.05, 0) is 36.9 Å². The van der Waals surface area contributed by atoms with Crippen LogP contribution in [-0.2, 0) is 11.2 Å². The molecule has 18 heavy (non-hydrogen) atoms. The fraction of sp³-hybridized carbons (Fsp3) is 0.500. The van der Waals surface area contributed by atoms with Crippen LogP contribution in [0.3, 0.4) is 0 Å². The summed E-state index contributed by atoms with van der Waals surface area (Å²) in [6.45, 7) is 6.50. The van der Waals surface area contributed by atoms with E-state index in [0.29, 0.717) is 13.0 Å². The molecule has 0 N–H and O–H groups in total. The number of rotatable bonds is 7. The Kier molecular flexibility index (Phi) is 5.92. The maximum Gasteiger partial charge on any atom is 0.138 e. The van der Waals surface area contributed by atoms with Gasteiger partial charge in [-0.3, -0.25) is 4.79 Å². The minimum Gasteiger partial charge on any atom is -0.303 e. The van der Waals surface area contributed by atoms with Gasteiger partial charge in [-0.1, -0.05) is 13.8 Å². The normalized spacial score (nSPS) is 10.9. The lowest BCUT2D eigenvalue weighted by Gasteiger charge is -2.17. The Labute approximate surface area is 107 Å². The van der Waals surface area contributed by atoms with E-state index in [1.807, 2.05) is 13.8 Å². The van der Waals surface area contributed by atoms with Crippen LogP contribution in [0.2, 0.25) is 0 Å². The first-order valence-corrected chi connectivity index (χ1v) is 6.24. The number of Topliss-reactive ketones (excluding diaryl/α,β-unsaturated/α-hetero) is 1. The minimum absolute atomic E-state index is 0.0368. The van der Waals surface area contributed by atoms with E-state index in [-0.39, 0.29) is 17.8 Å². The number of carbonyl (C=O) groups is 1. The molecule has 0 fully saturated rings. The van der Waals surface area contributed by atoms with Crippen molar-refractivity contribution in [3.63, 3.8) is 0 Å². The van der Waals surface area contributed by atoms with Crippen molar-refractivity contribution in [2.45, 2.75) is 26.7 Å². The van der Waals surface area contributed by atoms with Gasteiger partial charge >= 0.3 is 0 Å². The van der Waals surface area contributed by atoms with Crippen LogP contribution in [0.5, 0.6) is 0 Å². The summed E-state index contributed by atoms with van der Waals surface area (Å²) in [4.78, 5) is 13.8. The molecule has 0 atom stereocenters. The molecule has 0 aliphatic rings. The third kappa shape index (κ3) is 4.53. The highest BCUT2D eigenvalue weighted by molar-refractivity contribution is 5.81. The van der Waals surface area contributed by atoms with E-state index in [4.69, 9.17) is 0 Å². The van der Waals surface area contributed by atoms with Crippen molar-refractivity contribution >= 4 is 5.78 Å². The average Bonchev–Trinajstić information content (AvgIpc) is 2.35. The fourth-order valence-corrected chi connectivity index (χ4v) is 1.80. The zero-order valence-corrected chi connectivity index (χ0v) is 10.9. The number of hydrogen-bond acceptors (Lipinski definition) is 2. The van der Waals surface area contributed by atoms with Crippen LogP contribution in [0.4, 0.5) is 8.78 Å². The number of ketones is 1. The highest BCUT2D eigenvalue weighted by atomic mass is 19.1. The summed E-state index contributed by atoms with van der Waals surface area (Å²) >= 11 is 0. The quantitative estimate of drug-likeness (QED) is 0.746.